The molecule has 0 radical (unpaired) electrons. The summed E-state index contributed by atoms with van der Waals surface area (Å²) in [6, 6.07) is 7.21. The third kappa shape index (κ3) is 3.79. The predicted octanol–water partition coefficient (Wildman–Crippen LogP) is 2.92. The molecule has 1 saturated heterocycles. The molecule has 1 fully saturated rings. The molecule has 0 aliphatic carbocycles. The first-order chi connectivity index (χ1) is 11.2. The standard InChI is InChI=1S/C18H25FN4/c1-3-22-8-7-20-18(22)14-21-9-11-23(12-10-21)15(2)16-5-4-6-17(19)13-16/h4-8,13,15H,3,9-12,14H2,1-2H3/t15-/m0/s1. The maximum atomic E-state index is 13.4. The van der Waals surface area contributed by atoms with E-state index in [1.165, 1.54) is 6.07 Å². The first-order valence-electron chi connectivity index (χ1n) is 8.39. The predicted molar refractivity (Wildman–Crippen MR) is 89.6 cm³/mol. The summed E-state index contributed by atoms with van der Waals surface area (Å²) >= 11 is 0. The zero-order valence-corrected chi connectivity index (χ0v) is 14.0. The molecule has 5 heteroatoms. The molecule has 1 aromatic heterocycles. The monoisotopic (exact) mass is 316 g/mol. The van der Waals surface area contributed by atoms with Crippen molar-refractivity contribution in [3.63, 3.8) is 0 Å². The zero-order chi connectivity index (χ0) is 16.2. The maximum Gasteiger partial charge on any atom is 0.123 e. The summed E-state index contributed by atoms with van der Waals surface area (Å²) in [6.07, 6.45) is 3.92. The number of benzene rings is 1. The van der Waals surface area contributed by atoms with Gasteiger partial charge in [-0.1, -0.05) is 12.1 Å². The van der Waals surface area contributed by atoms with E-state index in [9.17, 15) is 4.39 Å². The molecule has 3 rings (SSSR count). The minimum Gasteiger partial charge on any atom is -0.334 e. The summed E-state index contributed by atoms with van der Waals surface area (Å²) in [7, 11) is 0. The molecule has 0 amide bonds. The quantitative estimate of drug-likeness (QED) is 0.848. The van der Waals surface area contributed by atoms with Gasteiger partial charge in [-0.3, -0.25) is 9.80 Å². The van der Waals surface area contributed by atoms with Crippen LogP contribution in [0.15, 0.2) is 36.7 Å². The second-order valence-electron chi connectivity index (χ2n) is 6.17. The van der Waals surface area contributed by atoms with Gasteiger partial charge in [0.15, 0.2) is 0 Å². The number of rotatable bonds is 5. The van der Waals surface area contributed by atoms with Crippen LogP contribution in [-0.2, 0) is 13.1 Å². The molecule has 1 atom stereocenters. The van der Waals surface area contributed by atoms with Crippen LogP contribution >= 0.6 is 0 Å². The van der Waals surface area contributed by atoms with E-state index in [1.54, 1.807) is 12.1 Å². The van der Waals surface area contributed by atoms with E-state index in [0.29, 0.717) is 0 Å². The Morgan fingerprint density at radius 1 is 1.22 bits per heavy atom. The number of aryl methyl sites for hydroxylation is 1. The molecule has 2 heterocycles. The highest BCUT2D eigenvalue weighted by Gasteiger charge is 2.23. The van der Waals surface area contributed by atoms with Gasteiger partial charge >= 0.3 is 0 Å². The van der Waals surface area contributed by atoms with Gasteiger partial charge in [0.2, 0.25) is 0 Å². The van der Waals surface area contributed by atoms with Gasteiger partial charge in [0.25, 0.3) is 0 Å². The number of aromatic nitrogens is 2. The molecule has 4 nitrogen and oxygen atoms in total. The van der Waals surface area contributed by atoms with Crippen LogP contribution in [0.1, 0.15) is 31.3 Å². The normalized spacial score (nSPS) is 18.2. The third-order valence-electron chi connectivity index (χ3n) is 4.79. The van der Waals surface area contributed by atoms with E-state index in [2.05, 4.69) is 33.2 Å². The van der Waals surface area contributed by atoms with Crippen molar-refractivity contribution in [2.45, 2.75) is 33.0 Å². The van der Waals surface area contributed by atoms with Crippen LogP contribution in [0, 0.1) is 5.82 Å². The Balaban J connectivity index is 1.56. The number of hydrogen-bond donors (Lipinski definition) is 0. The average molecular weight is 316 g/mol. The fourth-order valence-corrected chi connectivity index (χ4v) is 3.27. The van der Waals surface area contributed by atoms with E-state index >= 15 is 0 Å². The van der Waals surface area contributed by atoms with Gasteiger partial charge in [-0.25, -0.2) is 9.37 Å². The number of piperazine rings is 1. The summed E-state index contributed by atoms with van der Waals surface area (Å²) < 4.78 is 15.6. The highest BCUT2D eigenvalue weighted by Crippen LogP contribution is 2.22. The van der Waals surface area contributed by atoms with Crippen LogP contribution in [0.4, 0.5) is 4.39 Å². The van der Waals surface area contributed by atoms with E-state index in [1.807, 2.05) is 18.5 Å². The molecule has 1 aromatic carbocycles. The third-order valence-corrected chi connectivity index (χ3v) is 4.79. The SMILES string of the molecule is CCn1ccnc1CN1CCN([C@@H](C)c2cccc(F)c2)CC1. The van der Waals surface area contributed by atoms with Gasteiger partial charge in [0.05, 0.1) is 6.54 Å². The van der Waals surface area contributed by atoms with Crippen molar-refractivity contribution in [2.24, 2.45) is 0 Å². The van der Waals surface area contributed by atoms with Crippen molar-refractivity contribution in [2.75, 3.05) is 26.2 Å². The van der Waals surface area contributed by atoms with Crippen LogP contribution in [0.3, 0.4) is 0 Å². The smallest absolute Gasteiger partial charge is 0.123 e. The van der Waals surface area contributed by atoms with Crippen molar-refractivity contribution in [3.8, 4) is 0 Å². The summed E-state index contributed by atoms with van der Waals surface area (Å²) in [5, 5.41) is 0. The fraction of sp³-hybridized carbons (Fsp3) is 0.500. The van der Waals surface area contributed by atoms with Crippen molar-refractivity contribution in [3.05, 3.63) is 53.9 Å². The van der Waals surface area contributed by atoms with Crippen molar-refractivity contribution in [1.82, 2.24) is 19.4 Å². The molecule has 0 N–H and O–H groups in total. The summed E-state index contributed by atoms with van der Waals surface area (Å²) in [5.41, 5.74) is 1.06. The Morgan fingerprint density at radius 2 is 2.00 bits per heavy atom. The van der Waals surface area contributed by atoms with E-state index < -0.39 is 0 Å². The van der Waals surface area contributed by atoms with Crippen LogP contribution in [0.25, 0.3) is 0 Å². The van der Waals surface area contributed by atoms with Crippen LogP contribution in [0.5, 0.6) is 0 Å². The molecule has 0 unspecified atom stereocenters. The molecular weight excluding hydrogens is 291 g/mol. The summed E-state index contributed by atoms with van der Waals surface area (Å²) in [6.45, 7) is 10.2. The number of imidazole rings is 1. The van der Waals surface area contributed by atoms with Crippen LogP contribution in [-0.4, -0.2) is 45.5 Å². The lowest BCUT2D eigenvalue weighted by Crippen LogP contribution is -2.46. The van der Waals surface area contributed by atoms with E-state index in [0.717, 1.165) is 50.7 Å². The molecule has 1 aliphatic rings. The molecule has 0 saturated carbocycles. The Bertz CT molecular complexity index is 631. The van der Waals surface area contributed by atoms with Crippen LogP contribution < -0.4 is 0 Å². The molecule has 124 valence electrons. The lowest BCUT2D eigenvalue weighted by molar-refractivity contribution is 0.0954. The second kappa shape index (κ2) is 7.23. The van der Waals surface area contributed by atoms with Gasteiger partial charge in [-0.15, -0.1) is 0 Å². The fourth-order valence-electron chi connectivity index (χ4n) is 3.27. The largest absolute Gasteiger partial charge is 0.334 e. The zero-order valence-electron chi connectivity index (χ0n) is 14.0. The summed E-state index contributed by atoms with van der Waals surface area (Å²) in [4.78, 5) is 9.33. The van der Waals surface area contributed by atoms with Crippen LogP contribution in [0.2, 0.25) is 0 Å². The Kier molecular flexibility index (Phi) is 5.08. The highest BCUT2D eigenvalue weighted by molar-refractivity contribution is 5.19. The first kappa shape index (κ1) is 16.1. The second-order valence-corrected chi connectivity index (χ2v) is 6.17. The Labute approximate surface area is 137 Å². The highest BCUT2D eigenvalue weighted by atomic mass is 19.1. The van der Waals surface area contributed by atoms with E-state index in [-0.39, 0.29) is 11.9 Å². The van der Waals surface area contributed by atoms with Crippen molar-refractivity contribution in [1.29, 1.82) is 0 Å². The van der Waals surface area contributed by atoms with Crippen molar-refractivity contribution >= 4 is 0 Å². The number of nitrogens with zero attached hydrogens (tertiary/aromatic N) is 4. The minimum atomic E-state index is -0.153. The lowest BCUT2D eigenvalue weighted by atomic mass is 10.1. The molecule has 2 aromatic rings. The minimum absolute atomic E-state index is 0.153. The van der Waals surface area contributed by atoms with Gasteiger partial charge in [0.1, 0.15) is 11.6 Å². The van der Waals surface area contributed by atoms with Gasteiger partial charge in [-0.2, -0.15) is 0 Å². The number of hydrogen-bond acceptors (Lipinski definition) is 3. The maximum absolute atomic E-state index is 13.4. The topological polar surface area (TPSA) is 24.3 Å². The first-order valence-corrected chi connectivity index (χ1v) is 8.39. The van der Waals surface area contributed by atoms with Gasteiger partial charge in [0, 0.05) is 51.2 Å². The Morgan fingerprint density at radius 3 is 2.70 bits per heavy atom. The molecular formula is C18H25FN4. The Hall–Kier alpha value is -1.72. The number of halogens is 1. The molecule has 23 heavy (non-hydrogen) atoms. The van der Waals surface area contributed by atoms with E-state index in [4.69, 9.17) is 0 Å². The van der Waals surface area contributed by atoms with Gasteiger partial charge < -0.3 is 4.57 Å². The molecule has 1 aliphatic heterocycles. The molecule has 0 spiro atoms. The summed E-state index contributed by atoms with van der Waals surface area (Å²) in [5.74, 6) is 0.985. The average Bonchev–Trinajstić information content (AvgIpc) is 3.02. The lowest BCUT2D eigenvalue weighted by Gasteiger charge is -2.38. The molecule has 0 bridgehead atoms. The van der Waals surface area contributed by atoms with Crippen molar-refractivity contribution < 1.29 is 4.39 Å². The van der Waals surface area contributed by atoms with Gasteiger partial charge in [-0.05, 0) is 31.5 Å².